The molecule has 0 saturated heterocycles. The summed E-state index contributed by atoms with van der Waals surface area (Å²) in [6.07, 6.45) is 6.04. The first kappa shape index (κ1) is 21.4. The van der Waals surface area contributed by atoms with Crippen LogP contribution in [0.3, 0.4) is 0 Å². The molecule has 0 aliphatic rings. The van der Waals surface area contributed by atoms with E-state index in [0.29, 0.717) is 6.42 Å². The minimum absolute atomic E-state index is 0.0517. The van der Waals surface area contributed by atoms with Crippen molar-refractivity contribution in [2.24, 2.45) is 5.73 Å². The summed E-state index contributed by atoms with van der Waals surface area (Å²) in [5, 5.41) is 21.1. The Labute approximate surface area is 137 Å². The number of nitrogens with one attached hydrogen (secondary N) is 1. The Hall–Kier alpha value is -1.63. The highest BCUT2D eigenvalue weighted by Crippen LogP contribution is 2.10. The van der Waals surface area contributed by atoms with E-state index in [9.17, 15) is 19.5 Å². The molecule has 0 aromatic rings. The van der Waals surface area contributed by atoms with Crippen LogP contribution in [0.1, 0.15) is 71.1 Å². The van der Waals surface area contributed by atoms with Crippen molar-refractivity contribution in [2.45, 2.75) is 83.3 Å². The molecule has 0 aliphatic heterocycles. The summed E-state index contributed by atoms with van der Waals surface area (Å²) in [6.45, 7) is 2.15. The molecule has 0 aromatic heterocycles. The number of aliphatic carboxylic acids is 1. The van der Waals surface area contributed by atoms with Gasteiger partial charge in [-0.25, -0.2) is 4.79 Å². The van der Waals surface area contributed by atoms with Crippen LogP contribution in [0.25, 0.3) is 0 Å². The lowest BCUT2D eigenvalue weighted by Gasteiger charge is -2.15. The predicted molar refractivity (Wildman–Crippen MR) is 86.6 cm³/mol. The molecule has 2 atom stereocenters. The SMILES string of the molecule is CCCCCCCCC(O)CC(=O)N[C@@H](CCC(N)=O)C(=O)O. The highest BCUT2D eigenvalue weighted by atomic mass is 16.4. The molecule has 134 valence electrons. The van der Waals surface area contributed by atoms with E-state index >= 15 is 0 Å². The largest absolute Gasteiger partial charge is 0.480 e. The molecule has 23 heavy (non-hydrogen) atoms. The molecular weight excluding hydrogens is 300 g/mol. The molecule has 0 saturated carbocycles. The summed E-state index contributed by atoms with van der Waals surface area (Å²) in [4.78, 5) is 33.4. The first-order chi connectivity index (χ1) is 10.9. The number of nitrogens with two attached hydrogens (primary N) is 1. The van der Waals surface area contributed by atoms with E-state index in [4.69, 9.17) is 10.8 Å². The predicted octanol–water partition coefficient (Wildman–Crippen LogP) is 1.32. The normalized spacial score (nSPS) is 13.3. The number of primary amides is 1. The van der Waals surface area contributed by atoms with Crippen molar-refractivity contribution in [2.75, 3.05) is 0 Å². The first-order valence-corrected chi connectivity index (χ1v) is 8.35. The second kappa shape index (κ2) is 12.9. The van der Waals surface area contributed by atoms with Gasteiger partial charge in [-0.3, -0.25) is 9.59 Å². The van der Waals surface area contributed by atoms with Crippen LogP contribution in [0.4, 0.5) is 0 Å². The van der Waals surface area contributed by atoms with Gasteiger partial charge in [0.05, 0.1) is 12.5 Å². The Bertz CT molecular complexity index is 373. The molecule has 5 N–H and O–H groups in total. The van der Waals surface area contributed by atoms with Gasteiger partial charge < -0.3 is 21.3 Å². The van der Waals surface area contributed by atoms with Gasteiger partial charge in [-0.2, -0.15) is 0 Å². The van der Waals surface area contributed by atoms with Gasteiger partial charge >= 0.3 is 5.97 Å². The van der Waals surface area contributed by atoms with Crippen LogP contribution < -0.4 is 11.1 Å². The second-order valence-electron chi connectivity index (χ2n) is 5.88. The van der Waals surface area contributed by atoms with Crippen molar-refractivity contribution in [1.29, 1.82) is 0 Å². The number of unbranched alkanes of at least 4 members (excludes halogenated alkanes) is 5. The van der Waals surface area contributed by atoms with Gasteiger partial charge in [0.25, 0.3) is 0 Å². The number of hydrogen-bond donors (Lipinski definition) is 4. The third kappa shape index (κ3) is 12.6. The minimum Gasteiger partial charge on any atom is -0.480 e. The molecule has 7 nitrogen and oxygen atoms in total. The van der Waals surface area contributed by atoms with E-state index in [-0.39, 0.29) is 19.3 Å². The van der Waals surface area contributed by atoms with Crippen LogP contribution in [-0.2, 0) is 14.4 Å². The van der Waals surface area contributed by atoms with Crippen LogP contribution in [0.5, 0.6) is 0 Å². The fourth-order valence-corrected chi connectivity index (χ4v) is 2.27. The molecular formula is C16H30N2O5. The fraction of sp³-hybridized carbons (Fsp3) is 0.812. The molecule has 0 aromatic carbocycles. The molecule has 0 radical (unpaired) electrons. The molecule has 0 fully saturated rings. The van der Waals surface area contributed by atoms with Crippen LogP contribution >= 0.6 is 0 Å². The highest BCUT2D eigenvalue weighted by Gasteiger charge is 2.21. The van der Waals surface area contributed by atoms with E-state index in [1.807, 2.05) is 0 Å². The molecule has 7 heteroatoms. The van der Waals surface area contributed by atoms with Gasteiger partial charge in [-0.05, 0) is 12.8 Å². The number of rotatable bonds is 14. The maximum absolute atomic E-state index is 11.7. The molecule has 1 unspecified atom stereocenters. The van der Waals surface area contributed by atoms with E-state index in [0.717, 1.165) is 19.3 Å². The zero-order chi connectivity index (χ0) is 17.7. The van der Waals surface area contributed by atoms with Gasteiger partial charge in [0.15, 0.2) is 0 Å². The Kier molecular flexibility index (Phi) is 12.0. The Morgan fingerprint density at radius 1 is 1.04 bits per heavy atom. The van der Waals surface area contributed by atoms with Gasteiger partial charge in [0.1, 0.15) is 6.04 Å². The van der Waals surface area contributed by atoms with Gasteiger partial charge in [-0.1, -0.05) is 45.4 Å². The maximum Gasteiger partial charge on any atom is 0.326 e. The Balaban J connectivity index is 3.95. The molecule has 2 amide bonds. The minimum atomic E-state index is -1.22. The Morgan fingerprint density at radius 2 is 1.65 bits per heavy atom. The third-order valence-corrected chi connectivity index (χ3v) is 3.62. The highest BCUT2D eigenvalue weighted by molar-refractivity contribution is 5.84. The quantitative estimate of drug-likeness (QED) is 0.357. The topological polar surface area (TPSA) is 130 Å². The average Bonchev–Trinajstić information content (AvgIpc) is 2.46. The van der Waals surface area contributed by atoms with Gasteiger partial charge in [-0.15, -0.1) is 0 Å². The molecule has 0 spiro atoms. The summed E-state index contributed by atoms with van der Waals surface area (Å²) < 4.78 is 0. The summed E-state index contributed by atoms with van der Waals surface area (Å²) in [6, 6.07) is -1.16. The van der Waals surface area contributed by atoms with Crippen molar-refractivity contribution < 1.29 is 24.6 Å². The summed E-state index contributed by atoms with van der Waals surface area (Å²) >= 11 is 0. The monoisotopic (exact) mass is 330 g/mol. The lowest BCUT2D eigenvalue weighted by atomic mass is 10.0. The maximum atomic E-state index is 11.7. The number of aliphatic hydroxyl groups excluding tert-OH is 1. The van der Waals surface area contributed by atoms with E-state index < -0.39 is 29.9 Å². The van der Waals surface area contributed by atoms with Crippen molar-refractivity contribution in [3.8, 4) is 0 Å². The van der Waals surface area contributed by atoms with Crippen LogP contribution in [-0.4, -0.2) is 40.1 Å². The van der Waals surface area contributed by atoms with Gasteiger partial charge in [0.2, 0.25) is 11.8 Å². The number of carboxylic acids is 1. The zero-order valence-corrected chi connectivity index (χ0v) is 13.9. The number of carboxylic acid groups (broad SMARTS) is 1. The van der Waals surface area contributed by atoms with Crippen LogP contribution in [0.15, 0.2) is 0 Å². The lowest BCUT2D eigenvalue weighted by Crippen LogP contribution is -2.42. The first-order valence-electron chi connectivity index (χ1n) is 8.35. The Morgan fingerprint density at radius 3 is 2.22 bits per heavy atom. The molecule has 0 rings (SSSR count). The molecule has 0 heterocycles. The summed E-state index contributed by atoms with van der Waals surface area (Å²) in [5.41, 5.74) is 4.97. The standard InChI is InChI=1S/C16H30N2O5/c1-2-3-4-5-6-7-8-12(19)11-15(21)18-13(16(22)23)9-10-14(17)20/h12-13,19H,2-11H2,1H3,(H2,17,20)(H,18,21)(H,22,23)/t12?,13-/m0/s1. The number of hydrogen-bond acceptors (Lipinski definition) is 4. The van der Waals surface area contributed by atoms with E-state index in [1.54, 1.807) is 0 Å². The zero-order valence-electron chi connectivity index (χ0n) is 13.9. The van der Waals surface area contributed by atoms with Crippen LogP contribution in [0, 0.1) is 0 Å². The molecule has 0 bridgehead atoms. The van der Waals surface area contributed by atoms with Crippen LogP contribution in [0.2, 0.25) is 0 Å². The number of aliphatic hydroxyl groups is 1. The average molecular weight is 330 g/mol. The third-order valence-electron chi connectivity index (χ3n) is 3.62. The van der Waals surface area contributed by atoms with E-state index in [2.05, 4.69) is 12.2 Å². The fourth-order valence-electron chi connectivity index (χ4n) is 2.27. The smallest absolute Gasteiger partial charge is 0.326 e. The number of carbonyl (C=O) groups is 3. The number of carbonyl (C=O) groups excluding carboxylic acids is 2. The molecule has 0 aliphatic carbocycles. The van der Waals surface area contributed by atoms with Gasteiger partial charge in [0, 0.05) is 6.42 Å². The van der Waals surface area contributed by atoms with Crippen molar-refractivity contribution in [1.82, 2.24) is 5.32 Å². The van der Waals surface area contributed by atoms with Crippen molar-refractivity contribution in [3.05, 3.63) is 0 Å². The van der Waals surface area contributed by atoms with E-state index in [1.165, 1.54) is 19.3 Å². The summed E-state index contributed by atoms with van der Waals surface area (Å²) in [5.74, 6) is -2.36. The number of amides is 2. The summed E-state index contributed by atoms with van der Waals surface area (Å²) in [7, 11) is 0. The second-order valence-corrected chi connectivity index (χ2v) is 5.88. The van der Waals surface area contributed by atoms with Crippen molar-refractivity contribution >= 4 is 17.8 Å². The van der Waals surface area contributed by atoms with Crippen molar-refractivity contribution in [3.63, 3.8) is 0 Å². The lowest BCUT2D eigenvalue weighted by molar-refractivity contribution is -0.142.